The topological polar surface area (TPSA) is 42.9 Å². The second kappa shape index (κ2) is 5.33. The summed E-state index contributed by atoms with van der Waals surface area (Å²) in [5.74, 6) is 1.22. The maximum atomic E-state index is 11.3. The fourth-order valence-corrected chi connectivity index (χ4v) is 2.81. The summed E-state index contributed by atoms with van der Waals surface area (Å²) in [6.45, 7) is 1.78. The molecule has 0 radical (unpaired) electrons. The lowest BCUT2D eigenvalue weighted by molar-refractivity contribution is 0.112. The molecule has 2 aromatic rings. The Morgan fingerprint density at radius 2 is 2.10 bits per heavy atom. The Hall–Kier alpha value is -1.74. The quantitative estimate of drug-likeness (QED) is 0.628. The number of aryl methyl sites for hydroxylation is 1. The third-order valence-electron chi connectivity index (χ3n) is 3.87. The van der Waals surface area contributed by atoms with Gasteiger partial charge in [0, 0.05) is 5.56 Å². The lowest BCUT2D eigenvalue weighted by Gasteiger charge is -2.26. The Bertz CT molecular complexity index is 666. The van der Waals surface area contributed by atoms with Crippen molar-refractivity contribution in [3.8, 4) is 11.3 Å². The molecule has 102 valence electrons. The van der Waals surface area contributed by atoms with Gasteiger partial charge in [-0.2, -0.15) is 0 Å². The average Bonchev–Trinajstić information content (AvgIpc) is 2.36. The van der Waals surface area contributed by atoms with Crippen LogP contribution in [0.2, 0.25) is 5.15 Å². The first-order chi connectivity index (χ1) is 9.69. The fraction of sp³-hybridized carbons (Fsp3) is 0.312. The van der Waals surface area contributed by atoms with Crippen LogP contribution in [-0.4, -0.2) is 16.3 Å². The monoisotopic (exact) mass is 286 g/mol. The Morgan fingerprint density at radius 3 is 2.75 bits per heavy atom. The van der Waals surface area contributed by atoms with Crippen LogP contribution in [0.5, 0.6) is 0 Å². The van der Waals surface area contributed by atoms with E-state index in [0.29, 0.717) is 23.0 Å². The molecule has 0 amide bonds. The van der Waals surface area contributed by atoms with Gasteiger partial charge in [-0.05, 0) is 37.3 Å². The fourth-order valence-electron chi connectivity index (χ4n) is 2.55. The molecule has 20 heavy (non-hydrogen) atoms. The molecule has 1 fully saturated rings. The van der Waals surface area contributed by atoms with Gasteiger partial charge in [0.25, 0.3) is 0 Å². The summed E-state index contributed by atoms with van der Waals surface area (Å²) in [4.78, 5) is 19.7. The Kier molecular flexibility index (Phi) is 3.53. The van der Waals surface area contributed by atoms with Gasteiger partial charge in [-0.3, -0.25) is 4.79 Å². The first-order valence-corrected chi connectivity index (χ1v) is 7.16. The van der Waals surface area contributed by atoms with Gasteiger partial charge in [-0.1, -0.05) is 36.2 Å². The highest BCUT2D eigenvalue weighted by molar-refractivity contribution is 6.32. The molecule has 3 rings (SSSR count). The lowest BCUT2D eigenvalue weighted by Crippen LogP contribution is -2.08. The van der Waals surface area contributed by atoms with Crippen molar-refractivity contribution in [1.29, 1.82) is 0 Å². The molecule has 1 aliphatic carbocycles. The van der Waals surface area contributed by atoms with Crippen LogP contribution in [0.25, 0.3) is 11.3 Å². The maximum absolute atomic E-state index is 11.3. The highest BCUT2D eigenvalue weighted by Gasteiger charge is 2.20. The first-order valence-electron chi connectivity index (χ1n) is 6.78. The van der Waals surface area contributed by atoms with E-state index in [4.69, 9.17) is 11.6 Å². The van der Waals surface area contributed by atoms with E-state index >= 15 is 0 Å². The molecule has 0 saturated heterocycles. The van der Waals surface area contributed by atoms with Crippen LogP contribution in [0.4, 0.5) is 0 Å². The molecule has 0 atom stereocenters. The summed E-state index contributed by atoms with van der Waals surface area (Å²) in [6, 6.07) is 8.24. The molecular formula is C16H15ClN2O. The predicted octanol–water partition coefficient (Wildman–Crippen LogP) is 4.19. The van der Waals surface area contributed by atoms with Crippen LogP contribution < -0.4 is 0 Å². The molecule has 0 aliphatic heterocycles. The minimum atomic E-state index is 0.219. The summed E-state index contributed by atoms with van der Waals surface area (Å²) in [7, 11) is 0. The van der Waals surface area contributed by atoms with Gasteiger partial charge >= 0.3 is 0 Å². The Morgan fingerprint density at radius 1 is 1.30 bits per heavy atom. The van der Waals surface area contributed by atoms with E-state index in [0.717, 1.165) is 11.8 Å². The van der Waals surface area contributed by atoms with E-state index in [1.54, 1.807) is 6.92 Å². The molecule has 1 saturated carbocycles. The summed E-state index contributed by atoms with van der Waals surface area (Å²) < 4.78 is 0. The Balaban J connectivity index is 2.10. The smallest absolute Gasteiger partial charge is 0.155 e. The first kappa shape index (κ1) is 13.3. The van der Waals surface area contributed by atoms with E-state index in [9.17, 15) is 4.79 Å². The second-order valence-corrected chi connectivity index (χ2v) is 5.55. The lowest BCUT2D eigenvalue weighted by atomic mass is 9.79. The van der Waals surface area contributed by atoms with Crippen LogP contribution in [0.1, 0.15) is 46.9 Å². The summed E-state index contributed by atoms with van der Waals surface area (Å²) >= 11 is 6.04. The van der Waals surface area contributed by atoms with Crippen LogP contribution in [-0.2, 0) is 0 Å². The van der Waals surface area contributed by atoms with Crippen molar-refractivity contribution in [2.75, 3.05) is 0 Å². The zero-order valence-corrected chi connectivity index (χ0v) is 12.0. The van der Waals surface area contributed by atoms with Crippen molar-refractivity contribution in [3.63, 3.8) is 0 Å². The van der Waals surface area contributed by atoms with Gasteiger partial charge in [0.2, 0.25) is 0 Å². The number of halogens is 1. The molecule has 1 aromatic carbocycles. The van der Waals surface area contributed by atoms with Gasteiger partial charge in [0.15, 0.2) is 6.29 Å². The largest absolute Gasteiger partial charge is 0.298 e. The molecule has 4 heteroatoms. The molecular weight excluding hydrogens is 272 g/mol. The summed E-state index contributed by atoms with van der Waals surface area (Å²) in [5.41, 5.74) is 3.24. The molecule has 1 aromatic heterocycles. The molecule has 0 N–H and O–H groups in total. The number of aldehydes is 1. The molecule has 0 bridgehead atoms. The van der Waals surface area contributed by atoms with E-state index in [2.05, 4.69) is 22.1 Å². The number of nitrogens with zero attached hydrogens (tertiary/aromatic N) is 2. The third kappa shape index (κ3) is 2.34. The van der Waals surface area contributed by atoms with E-state index in [-0.39, 0.29) is 5.15 Å². The number of rotatable bonds is 3. The predicted molar refractivity (Wildman–Crippen MR) is 79.2 cm³/mol. The average molecular weight is 287 g/mol. The normalized spacial score (nSPS) is 14.9. The standard InChI is InChI=1S/C16H15ClN2O/c1-10-18-15(14(9-20)16(17)19-10)13-7-3-6-12(8-13)11-4-2-5-11/h3,6-9,11H,2,4-5H2,1H3. The Labute approximate surface area is 123 Å². The SMILES string of the molecule is Cc1nc(Cl)c(C=O)c(-c2cccc(C3CCC3)c2)n1. The number of carbonyl (C=O) groups excluding carboxylic acids is 1. The van der Waals surface area contributed by atoms with E-state index in [1.165, 1.54) is 24.8 Å². The molecule has 1 heterocycles. The van der Waals surface area contributed by atoms with E-state index < -0.39 is 0 Å². The highest BCUT2D eigenvalue weighted by atomic mass is 35.5. The number of carbonyl (C=O) groups is 1. The van der Waals surface area contributed by atoms with Gasteiger partial charge in [0.1, 0.15) is 11.0 Å². The molecule has 0 unspecified atom stereocenters. The zero-order valence-electron chi connectivity index (χ0n) is 11.3. The number of benzene rings is 1. The van der Waals surface area contributed by atoms with Gasteiger partial charge < -0.3 is 0 Å². The molecule has 0 spiro atoms. The third-order valence-corrected chi connectivity index (χ3v) is 4.15. The van der Waals surface area contributed by atoms with Crippen molar-refractivity contribution in [3.05, 3.63) is 46.4 Å². The van der Waals surface area contributed by atoms with Crippen LogP contribution in [0, 0.1) is 6.92 Å². The molecule has 1 aliphatic rings. The van der Waals surface area contributed by atoms with Crippen molar-refractivity contribution < 1.29 is 4.79 Å². The van der Waals surface area contributed by atoms with Crippen molar-refractivity contribution >= 4 is 17.9 Å². The molecule has 3 nitrogen and oxygen atoms in total. The summed E-state index contributed by atoms with van der Waals surface area (Å²) in [6.07, 6.45) is 4.52. The number of hydrogen-bond acceptors (Lipinski definition) is 3. The highest BCUT2D eigenvalue weighted by Crippen LogP contribution is 2.38. The number of hydrogen-bond donors (Lipinski definition) is 0. The minimum Gasteiger partial charge on any atom is -0.298 e. The maximum Gasteiger partial charge on any atom is 0.155 e. The second-order valence-electron chi connectivity index (χ2n) is 5.20. The van der Waals surface area contributed by atoms with Crippen molar-refractivity contribution in [1.82, 2.24) is 9.97 Å². The van der Waals surface area contributed by atoms with Crippen molar-refractivity contribution in [2.45, 2.75) is 32.1 Å². The van der Waals surface area contributed by atoms with Gasteiger partial charge in [-0.15, -0.1) is 0 Å². The number of aromatic nitrogens is 2. The minimum absolute atomic E-state index is 0.219. The summed E-state index contributed by atoms with van der Waals surface area (Å²) in [5, 5.41) is 0.219. The van der Waals surface area contributed by atoms with Crippen molar-refractivity contribution in [2.24, 2.45) is 0 Å². The van der Waals surface area contributed by atoms with E-state index in [1.807, 2.05) is 12.1 Å². The zero-order chi connectivity index (χ0) is 14.1. The van der Waals surface area contributed by atoms with Crippen LogP contribution in [0.3, 0.4) is 0 Å². The van der Waals surface area contributed by atoms with Crippen LogP contribution >= 0.6 is 11.6 Å². The van der Waals surface area contributed by atoms with Crippen LogP contribution in [0.15, 0.2) is 24.3 Å². The van der Waals surface area contributed by atoms with Gasteiger partial charge in [-0.25, -0.2) is 9.97 Å². The van der Waals surface area contributed by atoms with Gasteiger partial charge in [0.05, 0.1) is 11.3 Å².